The van der Waals surface area contributed by atoms with Gasteiger partial charge in [0.25, 0.3) is 0 Å². The van der Waals surface area contributed by atoms with Gasteiger partial charge in [-0.2, -0.15) is 5.10 Å². The van der Waals surface area contributed by atoms with E-state index in [9.17, 15) is 9.90 Å². The lowest BCUT2D eigenvalue weighted by Crippen LogP contribution is -2.56. The number of Topliss-reactive ketones (excluding diaryl/α,β-unsaturated/α-hetero) is 1. The highest BCUT2D eigenvalue weighted by atomic mass is 16.6. The van der Waals surface area contributed by atoms with E-state index in [1.165, 1.54) is 25.7 Å². The van der Waals surface area contributed by atoms with Gasteiger partial charge in [-0.05, 0) is 93.3 Å². The van der Waals surface area contributed by atoms with Gasteiger partial charge in [0.2, 0.25) is 0 Å². The van der Waals surface area contributed by atoms with Crippen LogP contribution in [0.25, 0.3) is 0 Å². The second-order valence-electron chi connectivity index (χ2n) is 12.7. The molecule has 2 unspecified atom stereocenters. The van der Waals surface area contributed by atoms with Crippen molar-refractivity contribution < 1.29 is 19.4 Å². The number of hydrogen-bond donors (Lipinski definition) is 1. The van der Waals surface area contributed by atoms with E-state index < -0.39 is 5.79 Å². The quantitative estimate of drug-likeness (QED) is 0.574. The van der Waals surface area contributed by atoms with Crippen LogP contribution in [-0.2, 0) is 16.1 Å². The standard InChI is InChI=1S/C28H44N2O4/c1-18(2)34-20-15-29-30(16-20)17-25(31)24-9-8-22-21-7-6-19-14-28(32,33-5)13-12-26(19,3)23(21)10-11-27(22,24)4/h15-16,18-19,21-24,32H,6-14,17H2,1-5H3/t19-,21-,22-,23-,24+,26?,27?,28-/m0/s1. The van der Waals surface area contributed by atoms with Crippen LogP contribution in [0, 0.1) is 40.4 Å². The molecule has 1 N–H and O–H groups in total. The molecule has 0 radical (unpaired) electrons. The highest BCUT2D eigenvalue weighted by Crippen LogP contribution is 2.68. The Labute approximate surface area is 204 Å². The number of ketones is 1. The Bertz CT molecular complexity index is 914. The highest BCUT2D eigenvalue weighted by molar-refractivity contribution is 5.82. The van der Waals surface area contributed by atoms with Gasteiger partial charge in [-0.1, -0.05) is 13.8 Å². The van der Waals surface area contributed by atoms with Gasteiger partial charge in [0.05, 0.1) is 25.0 Å². The lowest BCUT2D eigenvalue weighted by molar-refractivity contribution is -0.247. The Morgan fingerprint density at radius 2 is 1.88 bits per heavy atom. The first-order valence-corrected chi connectivity index (χ1v) is 13.6. The summed E-state index contributed by atoms with van der Waals surface area (Å²) in [6, 6.07) is 0. The number of ether oxygens (including phenoxy) is 2. The number of hydrogen-bond acceptors (Lipinski definition) is 5. The minimum atomic E-state index is -0.933. The van der Waals surface area contributed by atoms with E-state index in [1.807, 2.05) is 20.0 Å². The molecule has 6 nitrogen and oxygen atoms in total. The minimum Gasteiger partial charge on any atom is -0.488 e. The molecular formula is C28H44N2O4. The van der Waals surface area contributed by atoms with Crippen molar-refractivity contribution in [3.05, 3.63) is 12.4 Å². The predicted octanol–water partition coefficient (Wildman–Crippen LogP) is 5.23. The number of fused-ring (bicyclic) bond motifs is 5. The molecule has 4 saturated carbocycles. The Morgan fingerprint density at radius 3 is 2.62 bits per heavy atom. The van der Waals surface area contributed by atoms with E-state index in [1.54, 1.807) is 18.0 Å². The Hall–Kier alpha value is -1.40. The van der Waals surface area contributed by atoms with Crippen LogP contribution >= 0.6 is 0 Å². The fraction of sp³-hybridized carbons (Fsp3) is 0.857. The molecule has 5 rings (SSSR count). The first kappa shape index (κ1) is 24.3. The summed E-state index contributed by atoms with van der Waals surface area (Å²) in [5, 5.41) is 15.2. The third-order valence-corrected chi connectivity index (χ3v) is 10.8. The molecule has 4 aliphatic rings. The van der Waals surface area contributed by atoms with Crippen molar-refractivity contribution >= 4 is 5.78 Å². The largest absolute Gasteiger partial charge is 0.488 e. The summed E-state index contributed by atoms with van der Waals surface area (Å²) < 4.78 is 13.0. The van der Waals surface area contributed by atoms with Crippen molar-refractivity contribution in [3.8, 4) is 5.75 Å². The minimum absolute atomic E-state index is 0.0995. The van der Waals surface area contributed by atoms with Gasteiger partial charge in [-0.15, -0.1) is 0 Å². The fourth-order valence-corrected chi connectivity index (χ4v) is 8.96. The van der Waals surface area contributed by atoms with Gasteiger partial charge in [-0.3, -0.25) is 9.48 Å². The van der Waals surface area contributed by atoms with Crippen molar-refractivity contribution in [1.82, 2.24) is 9.78 Å². The van der Waals surface area contributed by atoms with Gasteiger partial charge in [0.1, 0.15) is 0 Å². The van der Waals surface area contributed by atoms with Crippen molar-refractivity contribution in [2.75, 3.05) is 7.11 Å². The number of rotatable bonds is 6. The molecule has 6 heteroatoms. The molecule has 190 valence electrons. The predicted molar refractivity (Wildman–Crippen MR) is 130 cm³/mol. The van der Waals surface area contributed by atoms with Crippen molar-refractivity contribution in [2.24, 2.45) is 40.4 Å². The summed E-state index contributed by atoms with van der Waals surface area (Å²) in [6.07, 6.45) is 13.2. The summed E-state index contributed by atoms with van der Waals surface area (Å²) in [5.41, 5.74) is 0.396. The van der Waals surface area contributed by atoms with Crippen molar-refractivity contribution in [1.29, 1.82) is 0 Å². The van der Waals surface area contributed by atoms with Crippen LogP contribution in [0.15, 0.2) is 12.4 Å². The number of aromatic nitrogens is 2. The van der Waals surface area contributed by atoms with E-state index in [2.05, 4.69) is 18.9 Å². The number of carbonyl (C=O) groups is 1. The number of carbonyl (C=O) groups excluding carboxylic acids is 1. The van der Waals surface area contributed by atoms with E-state index >= 15 is 0 Å². The molecule has 8 atom stereocenters. The van der Waals surface area contributed by atoms with Gasteiger partial charge < -0.3 is 14.6 Å². The average molecular weight is 473 g/mol. The lowest BCUT2D eigenvalue weighted by Gasteiger charge is -2.61. The maximum atomic E-state index is 13.5. The van der Waals surface area contributed by atoms with Crippen LogP contribution in [0.2, 0.25) is 0 Å². The molecule has 0 aromatic carbocycles. The normalized spacial score (nSPS) is 43.8. The van der Waals surface area contributed by atoms with Crippen LogP contribution in [-0.4, -0.2) is 39.7 Å². The molecule has 34 heavy (non-hydrogen) atoms. The molecule has 0 saturated heterocycles. The van der Waals surface area contributed by atoms with Crippen LogP contribution < -0.4 is 4.74 Å². The molecule has 4 fully saturated rings. The summed E-state index contributed by atoms with van der Waals surface area (Å²) in [4.78, 5) is 13.5. The molecule has 0 spiro atoms. The summed E-state index contributed by atoms with van der Waals surface area (Å²) in [5.74, 6) is 2.87. The van der Waals surface area contributed by atoms with Crippen LogP contribution in [0.3, 0.4) is 0 Å². The molecule has 0 bridgehead atoms. The first-order valence-electron chi connectivity index (χ1n) is 13.6. The van der Waals surface area contributed by atoms with E-state index in [-0.39, 0.29) is 17.4 Å². The summed E-state index contributed by atoms with van der Waals surface area (Å²) in [7, 11) is 1.65. The molecule has 1 aromatic rings. The van der Waals surface area contributed by atoms with E-state index in [4.69, 9.17) is 9.47 Å². The summed E-state index contributed by atoms with van der Waals surface area (Å²) in [6.45, 7) is 9.25. The van der Waals surface area contributed by atoms with Gasteiger partial charge >= 0.3 is 0 Å². The molecule has 4 aliphatic carbocycles. The molecule has 0 amide bonds. The topological polar surface area (TPSA) is 73.6 Å². The monoisotopic (exact) mass is 472 g/mol. The van der Waals surface area contributed by atoms with Crippen LogP contribution in [0.4, 0.5) is 0 Å². The highest BCUT2D eigenvalue weighted by Gasteiger charge is 2.62. The smallest absolute Gasteiger partial charge is 0.165 e. The maximum absolute atomic E-state index is 13.5. The third-order valence-electron chi connectivity index (χ3n) is 10.8. The molecule has 0 aliphatic heterocycles. The molecule has 1 heterocycles. The van der Waals surface area contributed by atoms with Gasteiger partial charge in [0, 0.05) is 25.9 Å². The third kappa shape index (κ3) is 3.93. The van der Waals surface area contributed by atoms with E-state index in [0.29, 0.717) is 41.4 Å². The van der Waals surface area contributed by atoms with Gasteiger partial charge in [-0.25, -0.2) is 0 Å². The SMILES string of the molecule is CO[C@@]1(O)CCC2(C)[C@@H](CC[C@@H]3[C@@H]2CCC2(C)[C@@H](C(=O)Cn4cc(OC(C)C)cn4)CC[C@@H]32)C1. The Kier molecular flexibility index (Phi) is 6.16. The number of aliphatic hydroxyl groups is 1. The number of methoxy groups -OCH3 is 1. The van der Waals surface area contributed by atoms with Gasteiger partial charge in [0.15, 0.2) is 17.3 Å². The maximum Gasteiger partial charge on any atom is 0.165 e. The average Bonchev–Trinajstić information content (AvgIpc) is 3.37. The Balaban J connectivity index is 1.29. The molecule has 1 aromatic heterocycles. The second-order valence-corrected chi connectivity index (χ2v) is 12.7. The zero-order valence-electron chi connectivity index (χ0n) is 21.8. The fourth-order valence-electron chi connectivity index (χ4n) is 8.96. The second kappa shape index (κ2) is 8.62. The Morgan fingerprint density at radius 1 is 1.12 bits per heavy atom. The molecular weight excluding hydrogens is 428 g/mol. The van der Waals surface area contributed by atoms with Crippen LogP contribution in [0.1, 0.15) is 85.5 Å². The number of nitrogens with zero attached hydrogens (tertiary/aromatic N) is 2. The zero-order chi connectivity index (χ0) is 24.3. The van der Waals surface area contributed by atoms with Crippen molar-refractivity contribution in [2.45, 2.75) is 104 Å². The zero-order valence-corrected chi connectivity index (χ0v) is 21.8. The van der Waals surface area contributed by atoms with E-state index in [0.717, 1.165) is 37.9 Å². The van der Waals surface area contributed by atoms with Crippen LogP contribution in [0.5, 0.6) is 5.75 Å². The summed E-state index contributed by atoms with van der Waals surface area (Å²) >= 11 is 0. The lowest BCUT2D eigenvalue weighted by atomic mass is 9.44. The van der Waals surface area contributed by atoms with Crippen molar-refractivity contribution in [3.63, 3.8) is 0 Å². The first-order chi connectivity index (χ1) is 16.1.